The fourth-order valence-corrected chi connectivity index (χ4v) is 1.79. The summed E-state index contributed by atoms with van der Waals surface area (Å²) < 4.78 is 0. The summed E-state index contributed by atoms with van der Waals surface area (Å²) in [6.45, 7) is 0. The lowest BCUT2D eigenvalue weighted by atomic mass is 9.91. The minimum absolute atomic E-state index is 0.646. The molecule has 1 aromatic heterocycles. The molecule has 1 aliphatic rings. The number of aromatic nitrogens is 1. The van der Waals surface area contributed by atoms with Crippen molar-refractivity contribution in [1.82, 2.24) is 4.98 Å². The van der Waals surface area contributed by atoms with Crippen LogP contribution in [0.5, 0.6) is 0 Å². The van der Waals surface area contributed by atoms with Gasteiger partial charge in [-0.1, -0.05) is 0 Å². The van der Waals surface area contributed by atoms with E-state index in [0.29, 0.717) is 5.69 Å². The number of rotatable bonds is 1. The molecule has 2 heteroatoms. The first-order valence-electron chi connectivity index (χ1n) is 4.34. The Morgan fingerprint density at radius 1 is 1.33 bits per heavy atom. The van der Waals surface area contributed by atoms with Crippen molar-refractivity contribution in [3.05, 3.63) is 29.1 Å². The first-order chi connectivity index (χ1) is 5.92. The lowest BCUT2D eigenvalue weighted by molar-refractivity contribution is 0.111. The van der Waals surface area contributed by atoms with Crippen molar-refractivity contribution in [1.29, 1.82) is 0 Å². The van der Waals surface area contributed by atoms with Crippen LogP contribution in [0.2, 0.25) is 0 Å². The summed E-state index contributed by atoms with van der Waals surface area (Å²) in [6, 6.07) is 2.03. The number of carbonyl (C=O) groups is 1. The van der Waals surface area contributed by atoms with Crippen LogP contribution < -0.4 is 0 Å². The molecular weight excluding hydrogens is 150 g/mol. The molecule has 1 heterocycles. The second kappa shape index (κ2) is 3.05. The van der Waals surface area contributed by atoms with Gasteiger partial charge in [-0.3, -0.25) is 9.78 Å². The van der Waals surface area contributed by atoms with Gasteiger partial charge in [0.05, 0.1) is 0 Å². The van der Waals surface area contributed by atoms with Crippen LogP contribution in [0.1, 0.15) is 34.5 Å². The van der Waals surface area contributed by atoms with Crippen LogP contribution in [0.15, 0.2) is 12.3 Å². The zero-order chi connectivity index (χ0) is 8.39. The van der Waals surface area contributed by atoms with Gasteiger partial charge in [-0.25, -0.2) is 0 Å². The summed E-state index contributed by atoms with van der Waals surface area (Å²) >= 11 is 0. The molecule has 0 saturated carbocycles. The van der Waals surface area contributed by atoms with Crippen LogP contribution in [0.25, 0.3) is 0 Å². The topological polar surface area (TPSA) is 30.0 Å². The Labute approximate surface area is 71.6 Å². The Hall–Kier alpha value is -1.18. The highest BCUT2D eigenvalue weighted by Crippen LogP contribution is 2.21. The Bertz CT molecular complexity index is 307. The van der Waals surface area contributed by atoms with Crippen LogP contribution in [0.4, 0.5) is 0 Å². The van der Waals surface area contributed by atoms with Crippen molar-refractivity contribution in [2.24, 2.45) is 0 Å². The third kappa shape index (κ3) is 1.13. The summed E-state index contributed by atoms with van der Waals surface area (Å²) in [4.78, 5) is 14.7. The Balaban J connectivity index is 2.51. The molecule has 0 aliphatic heterocycles. The summed E-state index contributed by atoms with van der Waals surface area (Å²) in [5.74, 6) is 0. The van der Waals surface area contributed by atoms with Gasteiger partial charge in [0.25, 0.3) is 0 Å². The van der Waals surface area contributed by atoms with Gasteiger partial charge >= 0.3 is 0 Å². The van der Waals surface area contributed by atoms with E-state index in [9.17, 15) is 4.79 Å². The summed E-state index contributed by atoms with van der Waals surface area (Å²) in [7, 11) is 0. The van der Waals surface area contributed by atoms with Gasteiger partial charge in [-0.05, 0) is 42.9 Å². The average Bonchev–Trinajstić information content (AvgIpc) is 2.17. The van der Waals surface area contributed by atoms with Gasteiger partial charge in [-0.2, -0.15) is 0 Å². The zero-order valence-corrected chi connectivity index (χ0v) is 6.92. The fourth-order valence-electron chi connectivity index (χ4n) is 1.79. The molecule has 0 bridgehead atoms. The van der Waals surface area contributed by atoms with Crippen molar-refractivity contribution >= 4 is 6.29 Å². The van der Waals surface area contributed by atoms with E-state index in [0.717, 1.165) is 19.1 Å². The van der Waals surface area contributed by atoms with Crippen molar-refractivity contribution in [3.63, 3.8) is 0 Å². The second-order valence-electron chi connectivity index (χ2n) is 3.16. The van der Waals surface area contributed by atoms with Crippen molar-refractivity contribution < 1.29 is 4.79 Å². The van der Waals surface area contributed by atoms with E-state index >= 15 is 0 Å². The summed E-state index contributed by atoms with van der Waals surface area (Å²) in [5.41, 5.74) is 3.14. The van der Waals surface area contributed by atoms with E-state index < -0.39 is 0 Å². The quantitative estimate of drug-likeness (QED) is 0.587. The first-order valence-corrected chi connectivity index (χ1v) is 4.34. The van der Waals surface area contributed by atoms with Crippen molar-refractivity contribution in [2.45, 2.75) is 25.7 Å². The van der Waals surface area contributed by atoms with E-state index in [4.69, 9.17) is 0 Å². The molecular formula is C10H11NO. The number of fused-ring (bicyclic) bond motifs is 1. The van der Waals surface area contributed by atoms with Gasteiger partial charge < -0.3 is 0 Å². The monoisotopic (exact) mass is 161 g/mol. The number of hydrogen-bond acceptors (Lipinski definition) is 2. The van der Waals surface area contributed by atoms with E-state index in [1.54, 1.807) is 6.20 Å². The second-order valence-corrected chi connectivity index (χ2v) is 3.16. The van der Waals surface area contributed by atoms with E-state index in [1.807, 2.05) is 6.07 Å². The molecule has 0 spiro atoms. The number of aryl methyl sites for hydroxylation is 1. The molecule has 0 unspecified atom stereocenters. The van der Waals surface area contributed by atoms with E-state index in [1.165, 1.54) is 24.0 Å². The molecule has 0 atom stereocenters. The standard InChI is InChI=1S/C10H11NO/c12-7-10-9-4-2-1-3-8(9)5-6-11-10/h5-7H,1-4H2. The smallest absolute Gasteiger partial charge is 0.168 e. The van der Waals surface area contributed by atoms with Crippen LogP contribution in [-0.2, 0) is 12.8 Å². The minimum Gasteiger partial charge on any atom is -0.296 e. The van der Waals surface area contributed by atoms with E-state index in [-0.39, 0.29) is 0 Å². The summed E-state index contributed by atoms with van der Waals surface area (Å²) in [6.07, 6.45) is 7.17. The molecule has 0 fully saturated rings. The number of pyridine rings is 1. The molecule has 0 N–H and O–H groups in total. The molecule has 2 rings (SSSR count). The summed E-state index contributed by atoms with van der Waals surface area (Å²) in [5, 5.41) is 0. The molecule has 0 radical (unpaired) electrons. The number of nitrogens with zero attached hydrogens (tertiary/aromatic N) is 1. The Morgan fingerprint density at radius 2 is 2.17 bits per heavy atom. The van der Waals surface area contributed by atoms with Crippen LogP contribution in [0, 0.1) is 0 Å². The molecule has 12 heavy (non-hydrogen) atoms. The molecule has 62 valence electrons. The predicted molar refractivity (Wildman–Crippen MR) is 46.3 cm³/mol. The maximum absolute atomic E-state index is 10.6. The maximum atomic E-state index is 10.6. The number of carbonyl (C=O) groups excluding carboxylic acids is 1. The Morgan fingerprint density at radius 3 is 3.00 bits per heavy atom. The van der Waals surface area contributed by atoms with Gasteiger partial charge in [-0.15, -0.1) is 0 Å². The Kier molecular flexibility index (Phi) is 1.90. The molecule has 1 aliphatic carbocycles. The molecule has 0 aromatic carbocycles. The lowest BCUT2D eigenvalue weighted by Gasteiger charge is -2.15. The SMILES string of the molecule is O=Cc1nccc2c1CCCC2. The molecule has 2 nitrogen and oxygen atoms in total. The number of aldehydes is 1. The van der Waals surface area contributed by atoms with Gasteiger partial charge in [0.2, 0.25) is 0 Å². The van der Waals surface area contributed by atoms with Crippen LogP contribution >= 0.6 is 0 Å². The average molecular weight is 161 g/mol. The maximum Gasteiger partial charge on any atom is 0.168 e. The van der Waals surface area contributed by atoms with Gasteiger partial charge in [0.15, 0.2) is 6.29 Å². The van der Waals surface area contributed by atoms with Gasteiger partial charge in [0.1, 0.15) is 5.69 Å². The highest BCUT2D eigenvalue weighted by molar-refractivity contribution is 5.75. The molecule has 0 saturated heterocycles. The first kappa shape index (κ1) is 7.47. The fraction of sp³-hybridized carbons (Fsp3) is 0.400. The van der Waals surface area contributed by atoms with Gasteiger partial charge in [0, 0.05) is 6.20 Å². The van der Waals surface area contributed by atoms with Crippen molar-refractivity contribution in [2.75, 3.05) is 0 Å². The highest BCUT2D eigenvalue weighted by atomic mass is 16.1. The van der Waals surface area contributed by atoms with Crippen LogP contribution in [0.3, 0.4) is 0 Å². The van der Waals surface area contributed by atoms with E-state index in [2.05, 4.69) is 4.98 Å². The highest BCUT2D eigenvalue weighted by Gasteiger charge is 2.12. The van der Waals surface area contributed by atoms with Crippen LogP contribution in [-0.4, -0.2) is 11.3 Å². The predicted octanol–water partition coefficient (Wildman–Crippen LogP) is 1.77. The number of hydrogen-bond donors (Lipinski definition) is 0. The largest absolute Gasteiger partial charge is 0.296 e. The third-order valence-corrected chi connectivity index (χ3v) is 2.42. The zero-order valence-electron chi connectivity index (χ0n) is 6.92. The molecule has 1 aromatic rings. The third-order valence-electron chi connectivity index (χ3n) is 2.42. The normalized spacial score (nSPS) is 15.3. The van der Waals surface area contributed by atoms with Crippen molar-refractivity contribution in [3.8, 4) is 0 Å². The minimum atomic E-state index is 0.646. The molecule has 0 amide bonds. The lowest BCUT2D eigenvalue weighted by Crippen LogP contribution is -2.07.